The first-order chi connectivity index (χ1) is 12.0. The van der Waals surface area contributed by atoms with Gasteiger partial charge < -0.3 is 10.2 Å². The first-order valence-electron chi connectivity index (χ1n) is 8.70. The minimum Gasteiger partial charge on any atom is -0.342 e. The van der Waals surface area contributed by atoms with Crippen molar-refractivity contribution in [1.29, 1.82) is 0 Å². The second-order valence-electron chi connectivity index (χ2n) is 6.72. The second-order valence-corrected chi connectivity index (χ2v) is 6.72. The Morgan fingerprint density at radius 2 is 2.04 bits per heavy atom. The molecule has 132 valence electrons. The molecule has 1 atom stereocenters. The van der Waals surface area contributed by atoms with Crippen molar-refractivity contribution in [2.45, 2.75) is 32.7 Å². The van der Waals surface area contributed by atoms with E-state index in [-0.39, 0.29) is 30.2 Å². The van der Waals surface area contributed by atoms with E-state index in [1.807, 2.05) is 32.0 Å². The molecule has 1 N–H and O–H groups in total. The molecule has 6 heteroatoms. The lowest BCUT2D eigenvalue weighted by Gasteiger charge is -2.17. The Balaban J connectivity index is 1.56. The number of aromatic nitrogens is 2. The third-order valence-electron chi connectivity index (χ3n) is 4.51. The fraction of sp³-hybridized carbons (Fsp3) is 0.421. The van der Waals surface area contributed by atoms with Crippen molar-refractivity contribution in [1.82, 2.24) is 14.7 Å². The van der Waals surface area contributed by atoms with E-state index >= 15 is 0 Å². The van der Waals surface area contributed by atoms with Crippen LogP contribution in [0, 0.1) is 5.92 Å². The number of rotatable bonds is 6. The number of likely N-dealkylation sites (tertiary alicyclic amines) is 1. The molecule has 0 aliphatic carbocycles. The average Bonchev–Trinajstić information content (AvgIpc) is 3.20. The van der Waals surface area contributed by atoms with Crippen LogP contribution in [0.3, 0.4) is 0 Å². The van der Waals surface area contributed by atoms with Crippen molar-refractivity contribution < 1.29 is 9.59 Å². The molecule has 2 amide bonds. The van der Waals surface area contributed by atoms with Gasteiger partial charge in [0, 0.05) is 31.6 Å². The lowest BCUT2D eigenvalue weighted by molar-refractivity contribution is -0.128. The zero-order valence-corrected chi connectivity index (χ0v) is 14.7. The molecule has 1 saturated heterocycles. The number of nitrogens with one attached hydrogen (secondary N) is 1. The van der Waals surface area contributed by atoms with Crippen LogP contribution < -0.4 is 5.32 Å². The summed E-state index contributed by atoms with van der Waals surface area (Å²) in [7, 11) is 0. The van der Waals surface area contributed by atoms with E-state index in [0.29, 0.717) is 18.9 Å². The van der Waals surface area contributed by atoms with Gasteiger partial charge in [-0.1, -0.05) is 30.3 Å². The van der Waals surface area contributed by atoms with Gasteiger partial charge in [-0.15, -0.1) is 0 Å². The molecule has 3 rings (SSSR count). The van der Waals surface area contributed by atoms with E-state index in [0.717, 1.165) is 6.42 Å². The van der Waals surface area contributed by atoms with Crippen LogP contribution in [0.2, 0.25) is 0 Å². The molecule has 0 spiro atoms. The lowest BCUT2D eigenvalue weighted by Crippen LogP contribution is -2.30. The number of benzene rings is 1. The Morgan fingerprint density at radius 1 is 1.28 bits per heavy atom. The maximum Gasteiger partial charge on any atom is 0.230 e. The summed E-state index contributed by atoms with van der Waals surface area (Å²) in [5, 5.41) is 7.12. The van der Waals surface area contributed by atoms with Crippen LogP contribution in [-0.4, -0.2) is 39.6 Å². The first-order valence-corrected chi connectivity index (χ1v) is 8.70. The molecule has 25 heavy (non-hydrogen) atoms. The van der Waals surface area contributed by atoms with E-state index in [1.165, 1.54) is 5.56 Å². The van der Waals surface area contributed by atoms with Gasteiger partial charge in [0.25, 0.3) is 0 Å². The maximum atomic E-state index is 12.5. The monoisotopic (exact) mass is 340 g/mol. The summed E-state index contributed by atoms with van der Waals surface area (Å²) in [6.45, 7) is 5.14. The number of nitrogens with zero attached hydrogens (tertiary/aromatic N) is 3. The maximum absolute atomic E-state index is 12.5. The van der Waals surface area contributed by atoms with Crippen molar-refractivity contribution in [3.8, 4) is 0 Å². The van der Waals surface area contributed by atoms with E-state index in [1.54, 1.807) is 21.8 Å². The summed E-state index contributed by atoms with van der Waals surface area (Å²) in [5.74, 6) is 0.306. The van der Waals surface area contributed by atoms with Crippen LogP contribution in [0.5, 0.6) is 0 Å². The van der Waals surface area contributed by atoms with E-state index in [4.69, 9.17) is 0 Å². The third-order valence-corrected chi connectivity index (χ3v) is 4.51. The number of amides is 2. The molecule has 6 nitrogen and oxygen atoms in total. The SMILES string of the molecule is CC(C)n1nccc1NC(=O)[C@H]1CC(=O)N(CCc2ccccc2)C1. The minimum absolute atomic E-state index is 0.0495. The third kappa shape index (κ3) is 4.07. The topological polar surface area (TPSA) is 67.2 Å². The van der Waals surface area contributed by atoms with Crippen molar-refractivity contribution >= 4 is 17.6 Å². The molecule has 0 saturated carbocycles. The van der Waals surface area contributed by atoms with Gasteiger partial charge in [0.05, 0.1) is 12.1 Å². The Labute approximate surface area is 147 Å². The van der Waals surface area contributed by atoms with Crippen molar-refractivity contribution in [2.75, 3.05) is 18.4 Å². The van der Waals surface area contributed by atoms with Crippen molar-refractivity contribution in [3.63, 3.8) is 0 Å². The molecule has 1 aromatic heterocycles. The predicted molar refractivity (Wildman–Crippen MR) is 96.1 cm³/mol. The van der Waals surface area contributed by atoms with Gasteiger partial charge in [-0.25, -0.2) is 4.68 Å². The van der Waals surface area contributed by atoms with Gasteiger partial charge >= 0.3 is 0 Å². The molecule has 0 radical (unpaired) electrons. The number of carbonyl (C=O) groups excluding carboxylic acids is 2. The van der Waals surface area contributed by atoms with Crippen LogP contribution >= 0.6 is 0 Å². The molecular weight excluding hydrogens is 316 g/mol. The molecule has 2 heterocycles. The highest BCUT2D eigenvalue weighted by Crippen LogP contribution is 2.21. The van der Waals surface area contributed by atoms with E-state index < -0.39 is 0 Å². The predicted octanol–water partition coefficient (Wildman–Crippen LogP) is 2.49. The van der Waals surface area contributed by atoms with Crippen LogP contribution in [0.1, 0.15) is 31.9 Å². The molecular formula is C19H24N4O2. The Bertz CT molecular complexity index is 739. The van der Waals surface area contributed by atoms with Gasteiger partial charge in [-0.05, 0) is 25.8 Å². The number of hydrogen-bond donors (Lipinski definition) is 1. The molecule has 1 aliphatic heterocycles. The summed E-state index contributed by atoms with van der Waals surface area (Å²) in [6.07, 6.45) is 2.75. The molecule has 0 unspecified atom stereocenters. The molecule has 1 fully saturated rings. The van der Waals surface area contributed by atoms with Gasteiger partial charge in [-0.2, -0.15) is 5.10 Å². The zero-order valence-electron chi connectivity index (χ0n) is 14.7. The molecule has 1 aromatic carbocycles. The first kappa shape index (κ1) is 17.2. The normalized spacial score (nSPS) is 17.3. The fourth-order valence-electron chi connectivity index (χ4n) is 3.13. The molecule has 1 aliphatic rings. The van der Waals surface area contributed by atoms with Gasteiger partial charge in [-0.3, -0.25) is 9.59 Å². The summed E-state index contributed by atoms with van der Waals surface area (Å²) in [5.41, 5.74) is 1.20. The fourth-order valence-corrected chi connectivity index (χ4v) is 3.13. The summed E-state index contributed by atoms with van der Waals surface area (Å²) in [4.78, 5) is 26.5. The molecule has 2 aromatic rings. The van der Waals surface area contributed by atoms with Crippen LogP contribution in [0.4, 0.5) is 5.82 Å². The largest absolute Gasteiger partial charge is 0.342 e. The van der Waals surface area contributed by atoms with E-state index in [2.05, 4.69) is 22.5 Å². The highest BCUT2D eigenvalue weighted by Gasteiger charge is 2.34. The van der Waals surface area contributed by atoms with Crippen LogP contribution in [0.15, 0.2) is 42.6 Å². The van der Waals surface area contributed by atoms with Gasteiger partial charge in [0.1, 0.15) is 5.82 Å². The average molecular weight is 340 g/mol. The highest BCUT2D eigenvalue weighted by atomic mass is 16.2. The quantitative estimate of drug-likeness (QED) is 0.878. The summed E-state index contributed by atoms with van der Waals surface area (Å²) in [6, 6.07) is 12.0. The van der Waals surface area contributed by atoms with Crippen LogP contribution in [0.25, 0.3) is 0 Å². The van der Waals surface area contributed by atoms with Crippen molar-refractivity contribution in [2.24, 2.45) is 5.92 Å². The summed E-state index contributed by atoms with van der Waals surface area (Å²) >= 11 is 0. The van der Waals surface area contributed by atoms with E-state index in [9.17, 15) is 9.59 Å². The Morgan fingerprint density at radius 3 is 2.76 bits per heavy atom. The van der Waals surface area contributed by atoms with Gasteiger partial charge in [0.15, 0.2) is 0 Å². The van der Waals surface area contributed by atoms with Gasteiger partial charge in [0.2, 0.25) is 11.8 Å². The molecule has 0 bridgehead atoms. The standard InChI is InChI=1S/C19H24N4O2/c1-14(2)23-17(8-10-20-23)21-19(25)16-12-18(24)22(13-16)11-9-15-6-4-3-5-7-15/h3-8,10,14,16H,9,11-13H2,1-2H3,(H,21,25)/t16-/m0/s1. The Hall–Kier alpha value is -2.63. The smallest absolute Gasteiger partial charge is 0.230 e. The number of hydrogen-bond acceptors (Lipinski definition) is 3. The van der Waals surface area contributed by atoms with Crippen molar-refractivity contribution in [3.05, 3.63) is 48.2 Å². The number of anilines is 1. The minimum atomic E-state index is -0.307. The number of carbonyl (C=O) groups is 2. The highest BCUT2D eigenvalue weighted by molar-refractivity contribution is 5.96. The zero-order chi connectivity index (χ0) is 17.8. The van der Waals surface area contributed by atoms with Crippen LogP contribution in [-0.2, 0) is 16.0 Å². The summed E-state index contributed by atoms with van der Waals surface area (Å²) < 4.78 is 1.77. The Kier molecular flexibility index (Phi) is 5.16. The lowest BCUT2D eigenvalue weighted by atomic mass is 10.1. The second kappa shape index (κ2) is 7.51.